The first-order chi connectivity index (χ1) is 6.37. The summed E-state index contributed by atoms with van der Waals surface area (Å²) < 4.78 is 26.4. The average Bonchev–Trinajstić information content (AvgIpc) is 2.09. The van der Waals surface area contributed by atoms with Crippen LogP contribution < -0.4 is 5.73 Å². The van der Waals surface area contributed by atoms with Gasteiger partial charge >= 0.3 is 0 Å². The highest BCUT2D eigenvalue weighted by atomic mass is 32.2. The number of hydrogen-bond acceptors (Lipinski definition) is 3. The third-order valence-corrected chi connectivity index (χ3v) is 4.78. The van der Waals surface area contributed by atoms with Crippen LogP contribution in [0.25, 0.3) is 0 Å². The lowest BCUT2D eigenvalue weighted by Crippen LogP contribution is -2.55. The molecule has 0 amide bonds. The molecule has 0 radical (unpaired) electrons. The first kappa shape index (κ1) is 11.9. The Balaban J connectivity index is 2.87. The normalized spacial score (nSPS) is 30.9. The molecule has 5 nitrogen and oxygen atoms in total. The topological polar surface area (TPSA) is 66.6 Å². The van der Waals surface area contributed by atoms with E-state index in [1.54, 1.807) is 14.1 Å². The van der Waals surface area contributed by atoms with E-state index < -0.39 is 10.2 Å². The van der Waals surface area contributed by atoms with Crippen molar-refractivity contribution in [3.05, 3.63) is 0 Å². The van der Waals surface area contributed by atoms with Crippen molar-refractivity contribution < 1.29 is 8.42 Å². The molecule has 6 heteroatoms. The Kier molecular flexibility index (Phi) is 3.52. The quantitative estimate of drug-likeness (QED) is 0.690. The van der Waals surface area contributed by atoms with E-state index in [-0.39, 0.29) is 12.1 Å². The number of hydrogen-bond donors (Lipinski definition) is 1. The van der Waals surface area contributed by atoms with Gasteiger partial charge in [0.15, 0.2) is 0 Å². The maximum Gasteiger partial charge on any atom is 0.281 e. The van der Waals surface area contributed by atoms with Crippen molar-refractivity contribution in [1.82, 2.24) is 8.61 Å². The second kappa shape index (κ2) is 4.14. The summed E-state index contributed by atoms with van der Waals surface area (Å²) in [7, 11) is -0.208. The lowest BCUT2D eigenvalue weighted by atomic mass is 10.0. The molecule has 2 N–H and O–H groups in total. The van der Waals surface area contributed by atoms with Crippen LogP contribution in [0.15, 0.2) is 0 Å². The number of rotatable bonds is 2. The van der Waals surface area contributed by atoms with Crippen LogP contribution in [0, 0.1) is 0 Å². The minimum absolute atomic E-state index is 0.0431. The van der Waals surface area contributed by atoms with E-state index in [1.165, 1.54) is 8.61 Å². The molecule has 1 saturated heterocycles. The zero-order chi connectivity index (χ0) is 10.9. The first-order valence-electron chi connectivity index (χ1n) is 4.82. The van der Waals surface area contributed by atoms with Crippen molar-refractivity contribution in [1.29, 1.82) is 0 Å². The fourth-order valence-electron chi connectivity index (χ4n) is 1.68. The molecule has 14 heavy (non-hydrogen) atoms. The summed E-state index contributed by atoms with van der Waals surface area (Å²) in [4.78, 5) is 0. The lowest BCUT2D eigenvalue weighted by Gasteiger charge is -2.37. The van der Waals surface area contributed by atoms with Gasteiger partial charge in [-0.05, 0) is 19.8 Å². The van der Waals surface area contributed by atoms with Crippen LogP contribution >= 0.6 is 0 Å². The summed E-state index contributed by atoms with van der Waals surface area (Å²) >= 11 is 0. The van der Waals surface area contributed by atoms with Gasteiger partial charge in [0.25, 0.3) is 10.2 Å². The summed E-state index contributed by atoms with van der Waals surface area (Å²) in [5.74, 6) is 0. The summed E-state index contributed by atoms with van der Waals surface area (Å²) in [6.45, 7) is 2.44. The number of piperidine rings is 1. The van der Waals surface area contributed by atoms with Gasteiger partial charge < -0.3 is 5.73 Å². The van der Waals surface area contributed by atoms with Crippen LogP contribution in [-0.4, -0.2) is 49.8 Å². The highest BCUT2D eigenvalue weighted by Gasteiger charge is 2.34. The van der Waals surface area contributed by atoms with Crippen molar-refractivity contribution in [2.24, 2.45) is 5.73 Å². The van der Waals surface area contributed by atoms with Gasteiger partial charge in [-0.25, -0.2) is 0 Å². The van der Waals surface area contributed by atoms with E-state index in [4.69, 9.17) is 5.73 Å². The Morgan fingerprint density at radius 1 is 1.43 bits per heavy atom. The van der Waals surface area contributed by atoms with Crippen molar-refractivity contribution in [2.75, 3.05) is 20.6 Å². The summed E-state index contributed by atoms with van der Waals surface area (Å²) in [6.07, 6.45) is 1.75. The van der Waals surface area contributed by atoms with E-state index in [2.05, 4.69) is 0 Å². The van der Waals surface area contributed by atoms with Crippen molar-refractivity contribution >= 4 is 10.2 Å². The standard InChI is InChI=1S/C8H19N3O2S/c1-7-8(9)5-4-6-11(7)14(12,13)10(2)3/h7-8H,4-6,9H2,1-3H3. The number of nitrogens with zero attached hydrogens (tertiary/aromatic N) is 2. The number of nitrogens with two attached hydrogens (primary N) is 1. The molecule has 0 aliphatic carbocycles. The van der Waals surface area contributed by atoms with Crippen LogP contribution in [-0.2, 0) is 10.2 Å². The average molecular weight is 221 g/mol. The van der Waals surface area contributed by atoms with Crippen molar-refractivity contribution in [3.8, 4) is 0 Å². The predicted octanol–water partition coefficient (Wildman–Crippen LogP) is -0.396. The van der Waals surface area contributed by atoms with E-state index >= 15 is 0 Å². The van der Waals surface area contributed by atoms with Crippen LogP contribution in [0.4, 0.5) is 0 Å². The predicted molar refractivity (Wildman–Crippen MR) is 56.0 cm³/mol. The molecule has 84 valence electrons. The Morgan fingerprint density at radius 3 is 2.50 bits per heavy atom. The highest BCUT2D eigenvalue weighted by molar-refractivity contribution is 7.86. The molecule has 2 unspecified atom stereocenters. The lowest BCUT2D eigenvalue weighted by molar-refractivity contribution is 0.227. The van der Waals surface area contributed by atoms with Crippen LogP contribution in [0.3, 0.4) is 0 Å². The Bertz CT molecular complexity index is 289. The van der Waals surface area contributed by atoms with Gasteiger partial charge in [0.05, 0.1) is 0 Å². The summed E-state index contributed by atoms with van der Waals surface area (Å²) in [6, 6.07) is -0.144. The van der Waals surface area contributed by atoms with Gasteiger partial charge in [-0.15, -0.1) is 0 Å². The Labute approximate surface area is 86.0 Å². The smallest absolute Gasteiger partial charge is 0.281 e. The second-order valence-electron chi connectivity index (χ2n) is 3.95. The van der Waals surface area contributed by atoms with E-state index in [9.17, 15) is 8.42 Å². The molecule has 1 heterocycles. The maximum atomic E-state index is 11.8. The monoisotopic (exact) mass is 221 g/mol. The third kappa shape index (κ3) is 2.08. The van der Waals surface area contributed by atoms with Crippen LogP contribution in [0.1, 0.15) is 19.8 Å². The van der Waals surface area contributed by atoms with E-state index in [1.807, 2.05) is 6.92 Å². The first-order valence-corrected chi connectivity index (χ1v) is 6.22. The van der Waals surface area contributed by atoms with Gasteiger partial charge in [-0.1, -0.05) is 0 Å². The molecule has 1 aliphatic rings. The fraction of sp³-hybridized carbons (Fsp3) is 1.00. The van der Waals surface area contributed by atoms with Crippen molar-refractivity contribution in [2.45, 2.75) is 31.8 Å². The SMILES string of the molecule is CC1C(N)CCCN1S(=O)(=O)N(C)C. The summed E-state index contributed by atoms with van der Waals surface area (Å²) in [5.41, 5.74) is 5.84. The van der Waals surface area contributed by atoms with Crippen molar-refractivity contribution in [3.63, 3.8) is 0 Å². The minimum atomic E-state index is -3.30. The third-order valence-electron chi connectivity index (χ3n) is 2.75. The largest absolute Gasteiger partial charge is 0.326 e. The summed E-state index contributed by atoms with van der Waals surface area (Å²) in [5, 5.41) is 0. The molecular weight excluding hydrogens is 202 g/mol. The van der Waals surface area contributed by atoms with Gasteiger partial charge in [-0.2, -0.15) is 17.0 Å². The minimum Gasteiger partial charge on any atom is -0.326 e. The molecule has 0 aromatic heterocycles. The van der Waals surface area contributed by atoms with Gasteiger partial charge in [0.2, 0.25) is 0 Å². The molecule has 0 aromatic carbocycles. The zero-order valence-corrected chi connectivity index (χ0v) is 9.79. The van der Waals surface area contributed by atoms with Gasteiger partial charge in [0.1, 0.15) is 0 Å². The molecule has 2 atom stereocenters. The fourth-order valence-corrected chi connectivity index (χ4v) is 3.03. The molecule has 1 rings (SSSR count). The molecule has 0 saturated carbocycles. The molecule has 0 spiro atoms. The molecule has 1 fully saturated rings. The van der Waals surface area contributed by atoms with Gasteiger partial charge in [0, 0.05) is 32.7 Å². The Hall–Kier alpha value is -0.170. The van der Waals surface area contributed by atoms with E-state index in [0.717, 1.165) is 12.8 Å². The van der Waals surface area contributed by atoms with Crippen LogP contribution in [0.2, 0.25) is 0 Å². The molecular formula is C8H19N3O2S. The van der Waals surface area contributed by atoms with E-state index in [0.29, 0.717) is 6.54 Å². The Morgan fingerprint density at radius 2 is 2.00 bits per heavy atom. The molecule has 0 aromatic rings. The zero-order valence-electron chi connectivity index (χ0n) is 8.97. The van der Waals surface area contributed by atoms with Gasteiger partial charge in [-0.3, -0.25) is 0 Å². The molecule has 0 bridgehead atoms. The molecule has 1 aliphatic heterocycles. The second-order valence-corrected chi connectivity index (χ2v) is 6.04. The maximum absolute atomic E-state index is 11.8. The van der Waals surface area contributed by atoms with Crippen LogP contribution in [0.5, 0.6) is 0 Å². The highest BCUT2D eigenvalue weighted by Crippen LogP contribution is 2.20.